The lowest BCUT2D eigenvalue weighted by atomic mass is 10.3. The quantitative estimate of drug-likeness (QED) is 0.567. The lowest BCUT2D eigenvalue weighted by Crippen LogP contribution is -2.26. The van der Waals surface area contributed by atoms with E-state index in [-0.39, 0.29) is 0 Å². The summed E-state index contributed by atoms with van der Waals surface area (Å²) in [5.74, 6) is 0. The molecule has 16 heavy (non-hydrogen) atoms. The van der Waals surface area contributed by atoms with Crippen LogP contribution < -0.4 is 4.90 Å². The molecule has 6 heteroatoms. The molecule has 0 atom stereocenters. The van der Waals surface area contributed by atoms with E-state index in [1.165, 1.54) is 22.5 Å². The highest BCUT2D eigenvalue weighted by Crippen LogP contribution is 2.44. The van der Waals surface area contributed by atoms with Crippen LogP contribution in [0.25, 0.3) is 0 Å². The van der Waals surface area contributed by atoms with E-state index in [2.05, 4.69) is 15.6 Å². The molecule has 0 unspecified atom stereocenters. The number of halogens is 1. The van der Waals surface area contributed by atoms with Crippen molar-refractivity contribution in [2.24, 2.45) is 4.40 Å². The smallest absolute Gasteiger partial charge is 0.175 e. The van der Waals surface area contributed by atoms with Crippen molar-refractivity contribution in [3.8, 4) is 0 Å². The molecule has 2 nitrogen and oxygen atoms in total. The van der Waals surface area contributed by atoms with Gasteiger partial charge < -0.3 is 4.90 Å². The van der Waals surface area contributed by atoms with E-state index in [1.807, 2.05) is 25.4 Å². The van der Waals surface area contributed by atoms with Crippen LogP contribution in [-0.4, -0.2) is 24.7 Å². The normalized spacial score (nSPS) is 14.8. The van der Waals surface area contributed by atoms with E-state index >= 15 is 0 Å². The summed E-state index contributed by atoms with van der Waals surface area (Å²) in [5.41, 5.74) is 1.21. The van der Waals surface area contributed by atoms with Crippen LogP contribution in [0.15, 0.2) is 26.3 Å². The van der Waals surface area contributed by atoms with Gasteiger partial charge in [-0.05, 0) is 24.6 Å². The number of hydrogen-bond donors (Lipinski definition) is 0. The van der Waals surface area contributed by atoms with Gasteiger partial charge in [0.2, 0.25) is 0 Å². The maximum Gasteiger partial charge on any atom is 0.175 e. The molecule has 1 aromatic carbocycles. The van der Waals surface area contributed by atoms with E-state index in [1.54, 1.807) is 23.5 Å². The highest BCUT2D eigenvalue weighted by atomic mass is 35.5. The summed E-state index contributed by atoms with van der Waals surface area (Å²) in [6, 6.07) is 3.98. The van der Waals surface area contributed by atoms with Crippen molar-refractivity contribution in [2.75, 3.05) is 24.5 Å². The summed E-state index contributed by atoms with van der Waals surface area (Å²) in [4.78, 5) is 4.44. The Balaban J connectivity index is 2.54. The van der Waals surface area contributed by atoms with Gasteiger partial charge in [-0.1, -0.05) is 23.4 Å². The van der Waals surface area contributed by atoms with Gasteiger partial charge in [0.15, 0.2) is 5.17 Å². The first-order valence-corrected chi connectivity index (χ1v) is 8.17. The summed E-state index contributed by atoms with van der Waals surface area (Å²) in [7, 11) is 2.04. The molecular weight excluding hydrogens is 280 g/mol. The standard InChI is InChI=1S/C10H11ClN2S3/c1-13-9-7(14-2)4-6(11)5-8(9)16-12-10(13)15-3/h4-5H,1-3H3. The fourth-order valence-electron chi connectivity index (χ4n) is 1.53. The Morgan fingerprint density at radius 2 is 2.06 bits per heavy atom. The molecule has 0 N–H and O–H groups in total. The Morgan fingerprint density at radius 3 is 2.69 bits per heavy atom. The van der Waals surface area contributed by atoms with Crippen molar-refractivity contribution in [3.05, 3.63) is 17.2 Å². The van der Waals surface area contributed by atoms with E-state index in [4.69, 9.17) is 11.6 Å². The first kappa shape index (κ1) is 12.5. The SMILES string of the molecule is CSC1=NSc2cc(Cl)cc(SC)c2N1C. The molecule has 2 rings (SSSR count). The summed E-state index contributed by atoms with van der Waals surface area (Å²) in [5, 5.41) is 1.79. The number of benzene rings is 1. The third-order valence-corrected chi connectivity index (χ3v) is 4.84. The average molecular weight is 291 g/mol. The first-order valence-electron chi connectivity index (χ1n) is 4.57. The molecule has 1 aliphatic heterocycles. The molecular formula is C10H11ClN2S3. The van der Waals surface area contributed by atoms with Crippen LogP contribution in [0.4, 0.5) is 5.69 Å². The molecule has 1 aliphatic rings. The molecule has 1 heterocycles. The minimum absolute atomic E-state index is 0.770. The number of amidine groups is 1. The van der Waals surface area contributed by atoms with Crippen LogP contribution in [0.3, 0.4) is 0 Å². The molecule has 0 saturated carbocycles. The Kier molecular flexibility index (Phi) is 4.00. The molecule has 0 saturated heterocycles. The van der Waals surface area contributed by atoms with Gasteiger partial charge in [0, 0.05) is 28.9 Å². The summed E-state index contributed by atoms with van der Waals surface area (Å²) < 4.78 is 4.44. The van der Waals surface area contributed by atoms with Gasteiger partial charge in [0.25, 0.3) is 0 Å². The van der Waals surface area contributed by atoms with E-state index in [0.717, 1.165) is 15.1 Å². The van der Waals surface area contributed by atoms with E-state index < -0.39 is 0 Å². The zero-order valence-corrected chi connectivity index (χ0v) is 12.4. The summed E-state index contributed by atoms with van der Waals surface area (Å²) in [6.45, 7) is 0. The van der Waals surface area contributed by atoms with E-state index in [9.17, 15) is 0 Å². The summed E-state index contributed by atoms with van der Waals surface area (Å²) in [6.07, 6.45) is 4.10. The predicted molar refractivity (Wildman–Crippen MR) is 78.4 cm³/mol. The van der Waals surface area contributed by atoms with Crippen molar-refractivity contribution in [3.63, 3.8) is 0 Å². The largest absolute Gasteiger partial charge is 0.321 e. The summed E-state index contributed by atoms with van der Waals surface area (Å²) >= 11 is 10.9. The van der Waals surface area contributed by atoms with Crippen molar-refractivity contribution in [1.82, 2.24) is 0 Å². The molecule has 0 amide bonds. The molecule has 0 bridgehead atoms. The predicted octanol–water partition coefficient (Wildman–Crippen LogP) is 4.24. The monoisotopic (exact) mass is 290 g/mol. The Hall–Kier alpha value is 0.0300. The third-order valence-electron chi connectivity index (χ3n) is 2.25. The second-order valence-electron chi connectivity index (χ2n) is 3.18. The van der Waals surface area contributed by atoms with E-state index in [0.29, 0.717) is 0 Å². The minimum atomic E-state index is 0.770. The zero-order valence-electron chi connectivity index (χ0n) is 9.15. The highest BCUT2D eigenvalue weighted by molar-refractivity contribution is 8.14. The number of nitrogens with zero attached hydrogens (tertiary/aromatic N) is 2. The van der Waals surface area contributed by atoms with Gasteiger partial charge in [-0.15, -0.1) is 11.8 Å². The van der Waals surface area contributed by atoms with Gasteiger partial charge in [-0.25, -0.2) is 0 Å². The van der Waals surface area contributed by atoms with Gasteiger partial charge in [0.05, 0.1) is 10.6 Å². The molecule has 0 spiro atoms. The number of fused-ring (bicyclic) bond motifs is 1. The maximum atomic E-state index is 6.08. The van der Waals surface area contributed by atoms with Crippen molar-refractivity contribution >= 4 is 57.9 Å². The van der Waals surface area contributed by atoms with Crippen LogP contribution in [-0.2, 0) is 0 Å². The molecule has 0 aromatic heterocycles. The molecule has 0 aliphatic carbocycles. The fraction of sp³-hybridized carbons (Fsp3) is 0.300. The lowest BCUT2D eigenvalue weighted by molar-refractivity contribution is 1.16. The van der Waals surface area contributed by atoms with Crippen molar-refractivity contribution < 1.29 is 0 Å². The number of thioether (sulfide) groups is 2. The van der Waals surface area contributed by atoms with Crippen LogP contribution in [0.5, 0.6) is 0 Å². The van der Waals surface area contributed by atoms with Gasteiger partial charge in [0.1, 0.15) is 0 Å². The molecule has 86 valence electrons. The van der Waals surface area contributed by atoms with Crippen LogP contribution in [0.1, 0.15) is 0 Å². The van der Waals surface area contributed by atoms with Crippen LogP contribution in [0.2, 0.25) is 5.02 Å². The third kappa shape index (κ3) is 2.18. The molecule has 0 fully saturated rings. The van der Waals surface area contributed by atoms with Crippen molar-refractivity contribution in [1.29, 1.82) is 0 Å². The van der Waals surface area contributed by atoms with Gasteiger partial charge >= 0.3 is 0 Å². The number of rotatable bonds is 1. The van der Waals surface area contributed by atoms with Gasteiger partial charge in [-0.3, -0.25) is 0 Å². The van der Waals surface area contributed by atoms with Crippen molar-refractivity contribution in [2.45, 2.75) is 9.79 Å². The molecule has 1 aromatic rings. The Bertz CT molecular complexity index is 448. The minimum Gasteiger partial charge on any atom is -0.321 e. The van der Waals surface area contributed by atoms with Crippen LogP contribution >= 0.6 is 47.1 Å². The lowest BCUT2D eigenvalue weighted by Gasteiger charge is -2.27. The van der Waals surface area contributed by atoms with Gasteiger partial charge in [-0.2, -0.15) is 4.40 Å². The first-order chi connectivity index (χ1) is 7.67. The fourth-order valence-corrected chi connectivity index (χ4v) is 4.21. The molecule has 0 radical (unpaired) electrons. The zero-order chi connectivity index (χ0) is 11.7. The highest BCUT2D eigenvalue weighted by Gasteiger charge is 2.22. The second kappa shape index (κ2) is 5.12. The number of hydrogen-bond acceptors (Lipinski definition) is 5. The average Bonchev–Trinajstić information content (AvgIpc) is 2.28. The number of anilines is 1. The Morgan fingerprint density at radius 1 is 1.31 bits per heavy atom. The topological polar surface area (TPSA) is 15.6 Å². The Labute approximate surface area is 113 Å². The van der Waals surface area contributed by atoms with Crippen LogP contribution in [0, 0.1) is 0 Å². The second-order valence-corrected chi connectivity index (χ2v) is 6.05. The maximum absolute atomic E-state index is 6.08.